The first-order valence-corrected chi connectivity index (χ1v) is 31.4. The van der Waals surface area contributed by atoms with E-state index >= 15 is 0 Å². The number of hydrogen-bond acceptors (Lipinski definition) is 30. The molecule has 2 radical (unpaired) electrons. The Hall–Kier alpha value is -5.36. The summed E-state index contributed by atoms with van der Waals surface area (Å²) in [6.45, 7) is 2.78. The molecule has 4 N–H and O–H groups in total. The minimum Gasteiger partial charge on any atom is -0.657 e. The van der Waals surface area contributed by atoms with Crippen LogP contribution in [0.5, 0.6) is 0 Å². The van der Waals surface area contributed by atoms with E-state index in [0.717, 1.165) is 48.8 Å². The Balaban J connectivity index is 0. The third kappa shape index (κ3) is 36.6. The molecule has 4 amide bonds. The number of amides is 4. The molecule has 105 heavy (non-hydrogen) atoms. The first kappa shape index (κ1) is 102. The van der Waals surface area contributed by atoms with Crippen molar-refractivity contribution in [2.24, 2.45) is 0 Å². The fourth-order valence-corrected chi connectivity index (χ4v) is 10.9. The van der Waals surface area contributed by atoms with Gasteiger partial charge in [-0.05, 0) is 88.7 Å². The van der Waals surface area contributed by atoms with Gasteiger partial charge in [-0.3, -0.25) is 70.3 Å². The van der Waals surface area contributed by atoms with Crippen LogP contribution in [0.2, 0.25) is 0 Å². The van der Waals surface area contributed by atoms with Gasteiger partial charge in [0.1, 0.15) is 0 Å². The molecule has 2 aliphatic rings. The van der Waals surface area contributed by atoms with Crippen LogP contribution in [0.1, 0.15) is 105 Å². The third-order valence-electron chi connectivity index (χ3n) is 15.7. The Morgan fingerprint density at radius 1 is 0.362 bits per heavy atom. The quantitative estimate of drug-likeness (QED) is 0.0303. The Morgan fingerprint density at radius 3 is 0.886 bits per heavy atom. The van der Waals surface area contributed by atoms with Crippen molar-refractivity contribution < 1.29 is 264 Å². The molecule has 2 aliphatic heterocycles. The van der Waals surface area contributed by atoms with E-state index in [4.69, 9.17) is 29.8 Å². The molecule has 5 heterocycles. The molecule has 41 heteroatoms. The number of carboxylic acid groups (broad SMARTS) is 9. The number of carbonyl (C=O) groups is 13. The predicted octanol–water partition coefficient (Wildman–Crippen LogP) is -18.4. The molecule has 3 aromatic heterocycles. The molecule has 0 atom stereocenters. The Kier molecular flexibility index (Phi) is 49.5. The zero-order valence-electron chi connectivity index (χ0n) is 59.3. The number of nitrogens with zero attached hydrogens (tertiary/aromatic N) is 10. The molecule has 0 unspecified atom stereocenters. The number of carboxylic acids is 9. The van der Waals surface area contributed by atoms with Crippen LogP contribution in [-0.2, 0) is 92.2 Å². The van der Waals surface area contributed by atoms with Crippen LogP contribution in [0, 0.1) is 93.7 Å². The van der Waals surface area contributed by atoms with Gasteiger partial charge in [-0.1, -0.05) is 54.3 Å². The molecule has 3 aromatic rings. The summed E-state index contributed by atoms with van der Waals surface area (Å²) in [7, 11) is 0. The standard InChI is InChI=1S/C62H84N14O20.C2H4O2.2Gd.Mn.2Na/c1-7-39-35(3)43-21-44-37(5)41(9-11-51(77)67-69-53(79)25-73(29-57(85)86)17-13-71(27-55(81)82)15-19-75(31-59(89)90)32-60(91)92)49(65-44)24-50-42(38(6)46(66-50)23-48-40(8-2)36(4)45(64-48)22-47(39)63-43)10-12-52(78)68-70-54(80)26-74(30-58(87)88)18-14-72(28-56(83)84)16-20-76(33-61(93)94)34-62(95)96;1-2(3)4;;;;;/h21-24H,7-20,25-34H2,1-6H3,(H14,63,64,65,66,67,68,69,70,77,78,79,80,81,82,83,84,85,86,87,88,89,90,91,92,93,94,95,96);1H3,(H,3,4);;;;;/q;;3*+3;2*+1/p-11. The van der Waals surface area contributed by atoms with Gasteiger partial charge in [0.05, 0.1) is 83.6 Å². The molecular weight excluding hydrogens is 1730 g/mol. The van der Waals surface area contributed by atoms with Crippen molar-refractivity contribution in [3.05, 3.63) is 69.3 Å². The fourth-order valence-electron chi connectivity index (χ4n) is 10.9. The zero-order chi connectivity index (χ0) is 74.7. The minimum atomic E-state index is -1.61. The van der Waals surface area contributed by atoms with Crippen molar-refractivity contribution in [1.29, 1.82) is 0 Å². The SMILES string of the molecule is CC(=O)[O-].CCC1=C(C)c2cc3[n-]c(cc4[n-]c(cc5nc(cc1n2)C(C)=C5CC)c(C)c4CCC(=O)NNC(=O)CN(CCN(CCN(CC(=O)[O-])CC(=O)[O-])CC(=O)[O-])CC(=O)[O-])c(CCC(=O)NNC(=O)CN(CCN(CCN(CC(=O)[O-])CC(=O)[O-])CC(=O)[O-])CC(=O)[O-])c3C.[Gd+3].[Gd+3].[Mn+3].[Na+].[Na+]. The number of hydrogen-bond donors (Lipinski definition) is 4. The van der Waals surface area contributed by atoms with E-state index in [9.17, 15) is 98.4 Å². The van der Waals surface area contributed by atoms with Crippen molar-refractivity contribution in [2.75, 3.05) is 118 Å². The van der Waals surface area contributed by atoms with Gasteiger partial charge in [-0.2, -0.15) is 0 Å². The number of carbonyl (C=O) groups excluding carboxylic acids is 13. The molecule has 0 aliphatic carbocycles. The fraction of sp³-hybridized carbons (Fsp3) is 0.484. The number of rotatable bonds is 40. The van der Waals surface area contributed by atoms with Crippen molar-refractivity contribution in [1.82, 2.24) is 71.0 Å². The molecule has 0 fully saturated rings. The van der Waals surface area contributed by atoms with E-state index in [1.54, 1.807) is 6.07 Å². The summed E-state index contributed by atoms with van der Waals surface area (Å²) in [6.07, 6.45) is 0.793. The van der Waals surface area contributed by atoms with E-state index in [0.29, 0.717) is 79.9 Å². The van der Waals surface area contributed by atoms with Crippen molar-refractivity contribution in [2.45, 2.75) is 87.0 Å². The van der Waals surface area contributed by atoms with Crippen LogP contribution < -0.4 is 137 Å². The number of hydrazine groups is 2. The second-order valence-corrected chi connectivity index (χ2v) is 23.3. The predicted molar refractivity (Wildman–Crippen MR) is 333 cm³/mol. The summed E-state index contributed by atoms with van der Waals surface area (Å²) < 4.78 is 0. The summed E-state index contributed by atoms with van der Waals surface area (Å²) in [5.41, 5.74) is 19.9. The topological polar surface area (TPSA) is 551 Å². The Labute approximate surface area is 723 Å². The smallest absolute Gasteiger partial charge is 0.657 e. The van der Waals surface area contributed by atoms with Crippen LogP contribution in [0.3, 0.4) is 0 Å². The maximum absolute atomic E-state index is 13.6. The van der Waals surface area contributed by atoms with E-state index < -0.39 is 143 Å². The second kappa shape index (κ2) is 51.1. The van der Waals surface area contributed by atoms with E-state index in [-0.39, 0.29) is 234 Å². The van der Waals surface area contributed by atoms with E-state index in [2.05, 4.69) is 21.7 Å². The molecule has 560 valence electrons. The number of aromatic nitrogens is 4. The largest absolute Gasteiger partial charge is 3.00 e. The minimum absolute atomic E-state index is 0. The molecule has 5 rings (SSSR count). The van der Waals surface area contributed by atoms with Gasteiger partial charge in [0.2, 0.25) is 11.8 Å². The number of aryl methyl sites for hydroxylation is 4. The van der Waals surface area contributed by atoms with Gasteiger partial charge in [-0.25, -0.2) is 9.97 Å². The summed E-state index contributed by atoms with van der Waals surface area (Å²) in [4.78, 5) is 180. The second-order valence-electron chi connectivity index (χ2n) is 23.3. The Morgan fingerprint density at radius 2 is 0.600 bits per heavy atom. The van der Waals surface area contributed by atoms with Gasteiger partial charge < -0.3 is 99.1 Å². The number of nitrogens with one attached hydrogen (secondary N) is 4. The van der Waals surface area contributed by atoms with Crippen molar-refractivity contribution in [3.63, 3.8) is 0 Å². The summed E-state index contributed by atoms with van der Waals surface area (Å²) >= 11 is 0. The molecule has 8 bridgehead atoms. The first-order valence-electron chi connectivity index (χ1n) is 31.4. The monoisotopic (exact) mass is 1810 g/mol. The number of allylic oxidation sites excluding steroid dienone is 4. The van der Waals surface area contributed by atoms with Gasteiger partial charge >= 0.3 is 156 Å². The summed E-state index contributed by atoms with van der Waals surface area (Å²) in [5, 5.41) is 100. The van der Waals surface area contributed by atoms with Crippen LogP contribution in [-0.4, -0.2) is 235 Å². The normalized spacial score (nSPS) is 11.5. The average molecular weight is 1810 g/mol. The third-order valence-corrected chi connectivity index (χ3v) is 15.7. The summed E-state index contributed by atoms with van der Waals surface area (Å²) in [5.74, 6) is -17.0. The number of fused-ring (bicyclic) bond motifs is 8. The molecule has 0 aromatic carbocycles. The van der Waals surface area contributed by atoms with Crippen LogP contribution in [0.15, 0.2) is 24.3 Å². The van der Waals surface area contributed by atoms with Gasteiger partial charge in [0.25, 0.3) is 11.8 Å². The Bertz CT molecular complexity index is 3800. The van der Waals surface area contributed by atoms with Gasteiger partial charge in [-0.15, -0.1) is 22.1 Å². The maximum Gasteiger partial charge on any atom is 3.00 e. The van der Waals surface area contributed by atoms with Crippen LogP contribution in [0.4, 0.5) is 0 Å². The van der Waals surface area contributed by atoms with E-state index in [1.165, 1.54) is 9.80 Å². The van der Waals surface area contributed by atoms with Crippen molar-refractivity contribution >= 4 is 122 Å². The molecule has 0 saturated carbocycles. The van der Waals surface area contributed by atoms with Gasteiger partial charge in [0, 0.05) is 124 Å². The zero-order valence-corrected chi connectivity index (χ0v) is 69.0. The average Bonchev–Trinajstić information content (AvgIpc) is 1.62. The number of aliphatic carboxylic acids is 9. The molecule has 36 nitrogen and oxygen atoms in total. The van der Waals surface area contributed by atoms with Crippen LogP contribution in [0.25, 0.3) is 44.4 Å². The maximum atomic E-state index is 13.6. The molecular formula is C64H77Gd2MnN14Na2O22. The molecule has 0 saturated heterocycles. The summed E-state index contributed by atoms with van der Waals surface area (Å²) in [6, 6.07) is 7.32. The van der Waals surface area contributed by atoms with Crippen LogP contribution >= 0.6 is 0 Å². The van der Waals surface area contributed by atoms with E-state index in [1.807, 2.05) is 59.7 Å². The van der Waals surface area contributed by atoms with Crippen molar-refractivity contribution in [3.8, 4) is 0 Å². The molecule has 0 spiro atoms. The first-order chi connectivity index (χ1) is 47.0. The van der Waals surface area contributed by atoms with Gasteiger partial charge in [0.15, 0.2) is 0 Å².